The first-order chi connectivity index (χ1) is 12.4. The van der Waals surface area contributed by atoms with Crippen molar-refractivity contribution in [3.8, 4) is 17.1 Å². The molecule has 1 N–H and O–H groups in total. The number of carboxylic acids is 1. The molecule has 0 aliphatic heterocycles. The number of ether oxygens (including phenoxy) is 1. The first kappa shape index (κ1) is 17.7. The van der Waals surface area contributed by atoms with E-state index in [0.717, 1.165) is 11.1 Å². The number of carboxylic acid groups (broad SMARTS) is 1. The summed E-state index contributed by atoms with van der Waals surface area (Å²) >= 11 is 0. The average molecular weight is 352 g/mol. The van der Waals surface area contributed by atoms with Gasteiger partial charge in [-0.15, -0.1) is 0 Å². The highest BCUT2D eigenvalue weighted by atomic mass is 16.5. The summed E-state index contributed by atoms with van der Waals surface area (Å²) in [6.45, 7) is 3.65. The van der Waals surface area contributed by atoms with Gasteiger partial charge < -0.3 is 14.3 Å². The maximum absolute atomic E-state index is 12.6. The van der Waals surface area contributed by atoms with Gasteiger partial charge in [0.05, 0.1) is 18.4 Å². The van der Waals surface area contributed by atoms with E-state index in [9.17, 15) is 14.7 Å². The second-order valence-corrected chi connectivity index (χ2v) is 6.23. The van der Waals surface area contributed by atoms with Gasteiger partial charge in [0.2, 0.25) is 0 Å². The smallest absolute Gasteiger partial charge is 0.311 e. The van der Waals surface area contributed by atoms with Crippen molar-refractivity contribution < 1.29 is 19.1 Å². The van der Waals surface area contributed by atoms with Crippen LogP contribution >= 0.6 is 0 Å². The van der Waals surface area contributed by atoms with Gasteiger partial charge in [-0.2, -0.15) is 0 Å². The molecule has 0 bridgehead atoms. The Balaban J connectivity index is 2.27. The molecule has 134 valence electrons. The van der Waals surface area contributed by atoms with Gasteiger partial charge in [0.1, 0.15) is 17.1 Å². The van der Waals surface area contributed by atoms with E-state index in [4.69, 9.17) is 9.15 Å². The van der Waals surface area contributed by atoms with Crippen LogP contribution in [0, 0.1) is 6.92 Å². The predicted octanol–water partition coefficient (Wildman–Crippen LogP) is 4.36. The van der Waals surface area contributed by atoms with Crippen LogP contribution in [-0.4, -0.2) is 18.2 Å². The van der Waals surface area contributed by atoms with Gasteiger partial charge in [-0.3, -0.25) is 9.59 Å². The minimum atomic E-state index is -0.933. The van der Waals surface area contributed by atoms with Crippen LogP contribution in [0.25, 0.3) is 22.3 Å². The molecule has 0 aliphatic carbocycles. The van der Waals surface area contributed by atoms with Gasteiger partial charge in [-0.05, 0) is 49.2 Å². The highest BCUT2D eigenvalue weighted by Gasteiger charge is 2.23. The van der Waals surface area contributed by atoms with Crippen molar-refractivity contribution in [1.29, 1.82) is 0 Å². The van der Waals surface area contributed by atoms with Gasteiger partial charge in [0.25, 0.3) is 0 Å². The first-order valence-corrected chi connectivity index (χ1v) is 8.40. The van der Waals surface area contributed by atoms with Gasteiger partial charge in [0, 0.05) is 17.2 Å². The number of aliphatic carboxylic acids is 1. The molecule has 0 saturated carbocycles. The van der Waals surface area contributed by atoms with Gasteiger partial charge in [0.15, 0.2) is 5.43 Å². The zero-order valence-corrected chi connectivity index (χ0v) is 14.9. The molecule has 26 heavy (non-hydrogen) atoms. The van der Waals surface area contributed by atoms with Crippen molar-refractivity contribution in [2.45, 2.75) is 26.2 Å². The normalized spacial score (nSPS) is 12.1. The molecular formula is C21H20O5. The van der Waals surface area contributed by atoms with Crippen molar-refractivity contribution in [2.24, 2.45) is 0 Å². The van der Waals surface area contributed by atoms with E-state index >= 15 is 0 Å². The third-order valence-electron chi connectivity index (χ3n) is 4.46. The molecule has 3 rings (SSSR count). The minimum Gasteiger partial charge on any atom is -0.497 e. The van der Waals surface area contributed by atoms with Crippen LogP contribution < -0.4 is 10.2 Å². The molecule has 2 aromatic carbocycles. The summed E-state index contributed by atoms with van der Waals surface area (Å²) in [5.41, 5.74) is 2.23. The fraction of sp³-hybridized carbons (Fsp3) is 0.238. The third-order valence-corrected chi connectivity index (χ3v) is 4.46. The Bertz CT molecular complexity index is 1010. The highest BCUT2D eigenvalue weighted by molar-refractivity contribution is 5.88. The molecule has 3 aromatic rings. The molecule has 1 heterocycles. The standard InChI is InChI=1S/C21H20O5/c1-4-15(21(23)24)16-9-12(2)10-17-18(22)11-19(26-20(16)17)13-5-7-14(25-3)8-6-13/h5-11,15H,4H2,1-3H3,(H,23,24). The Labute approximate surface area is 150 Å². The van der Waals surface area contributed by atoms with Crippen LogP contribution in [0.1, 0.15) is 30.4 Å². The number of benzene rings is 2. The molecular weight excluding hydrogens is 332 g/mol. The maximum Gasteiger partial charge on any atom is 0.311 e. The topological polar surface area (TPSA) is 76.7 Å². The lowest BCUT2D eigenvalue weighted by atomic mass is 9.93. The Hall–Kier alpha value is -3.08. The Kier molecular flexibility index (Phi) is 4.80. The summed E-state index contributed by atoms with van der Waals surface area (Å²) < 4.78 is 11.2. The number of carbonyl (C=O) groups is 1. The molecule has 0 spiro atoms. The van der Waals surface area contributed by atoms with Crippen molar-refractivity contribution in [2.75, 3.05) is 7.11 Å². The van der Waals surface area contributed by atoms with Crippen LogP contribution in [0.5, 0.6) is 5.75 Å². The summed E-state index contributed by atoms with van der Waals surface area (Å²) in [5.74, 6) is -0.566. The number of fused-ring (bicyclic) bond motifs is 1. The van der Waals surface area contributed by atoms with Crippen molar-refractivity contribution in [1.82, 2.24) is 0 Å². The summed E-state index contributed by atoms with van der Waals surface area (Å²) in [6.07, 6.45) is 0.407. The van der Waals surface area contributed by atoms with E-state index in [1.807, 2.05) is 6.92 Å². The lowest BCUT2D eigenvalue weighted by Crippen LogP contribution is -2.13. The van der Waals surface area contributed by atoms with E-state index in [2.05, 4.69) is 0 Å². The van der Waals surface area contributed by atoms with Crippen molar-refractivity contribution in [3.63, 3.8) is 0 Å². The molecule has 5 heteroatoms. The molecule has 1 aromatic heterocycles. The summed E-state index contributed by atoms with van der Waals surface area (Å²) in [7, 11) is 1.58. The average Bonchev–Trinajstić information content (AvgIpc) is 2.62. The monoisotopic (exact) mass is 352 g/mol. The predicted molar refractivity (Wildman–Crippen MR) is 99.9 cm³/mol. The van der Waals surface area contributed by atoms with Crippen LogP contribution in [0.15, 0.2) is 51.7 Å². The summed E-state index contributed by atoms with van der Waals surface area (Å²) in [6, 6.07) is 12.1. The largest absolute Gasteiger partial charge is 0.497 e. The van der Waals surface area contributed by atoms with Gasteiger partial charge >= 0.3 is 5.97 Å². The number of rotatable bonds is 5. The SMILES string of the molecule is CCC(C(=O)O)c1cc(C)cc2c(=O)cc(-c3ccc(OC)cc3)oc12. The van der Waals surface area contributed by atoms with E-state index in [-0.39, 0.29) is 5.43 Å². The Morgan fingerprint density at radius 3 is 2.46 bits per heavy atom. The van der Waals surface area contributed by atoms with Gasteiger partial charge in [-0.1, -0.05) is 13.0 Å². The van der Waals surface area contributed by atoms with Crippen molar-refractivity contribution in [3.05, 3.63) is 63.8 Å². The first-order valence-electron chi connectivity index (χ1n) is 8.40. The van der Waals surface area contributed by atoms with Crippen LogP contribution in [0.3, 0.4) is 0 Å². The Morgan fingerprint density at radius 1 is 1.19 bits per heavy atom. The second kappa shape index (κ2) is 7.04. The third kappa shape index (κ3) is 3.20. The fourth-order valence-corrected chi connectivity index (χ4v) is 3.12. The quantitative estimate of drug-likeness (QED) is 0.738. The molecule has 0 aliphatic rings. The number of methoxy groups -OCH3 is 1. The zero-order valence-electron chi connectivity index (χ0n) is 14.9. The zero-order chi connectivity index (χ0) is 18.8. The molecule has 0 fully saturated rings. The van der Waals surface area contributed by atoms with Crippen LogP contribution in [0.2, 0.25) is 0 Å². The van der Waals surface area contributed by atoms with Gasteiger partial charge in [-0.25, -0.2) is 0 Å². The molecule has 0 saturated heterocycles. The van der Waals surface area contributed by atoms with E-state index < -0.39 is 11.9 Å². The number of hydrogen-bond acceptors (Lipinski definition) is 4. The van der Waals surface area contributed by atoms with E-state index in [1.54, 1.807) is 50.4 Å². The lowest BCUT2D eigenvalue weighted by molar-refractivity contribution is -0.138. The van der Waals surface area contributed by atoms with Crippen molar-refractivity contribution >= 4 is 16.9 Å². The highest BCUT2D eigenvalue weighted by Crippen LogP contribution is 2.31. The molecule has 5 nitrogen and oxygen atoms in total. The molecule has 0 radical (unpaired) electrons. The van der Waals surface area contributed by atoms with Crippen LogP contribution in [0.4, 0.5) is 0 Å². The molecule has 1 atom stereocenters. The lowest BCUT2D eigenvalue weighted by Gasteiger charge is -2.14. The number of aryl methyl sites for hydroxylation is 1. The molecule has 1 unspecified atom stereocenters. The van der Waals surface area contributed by atoms with E-state index in [0.29, 0.717) is 34.5 Å². The fourth-order valence-electron chi connectivity index (χ4n) is 3.12. The second-order valence-electron chi connectivity index (χ2n) is 6.23. The van der Waals surface area contributed by atoms with E-state index in [1.165, 1.54) is 6.07 Å². The number of hydrogen-bond donors (Lipinski definition) is 1. The summed E-state index contributed by atoms with van der Waals surface area (Å²) in [4.78, 5) is 24.3. The minimum absolute atomic E-state index is 0.192. The Morgan fingerprint density at radius 2 is 1.88 bits per heavy atom. The summed E-state index contributed by atoms with van der Waals surface area (Å²) in [5, 5.41) is 9.96. The molecule has 0 amide bonds. The van der Waals surface area contributed by atoms with Crippen LogP contribution in [-0.2, 0) is 4.79 Å². The maximum atomic E-state index is 12.6.